The van der Waals surface area contributed by atoms with Crippen molar-refractivity contribution in [1.82, 2.24) is 0 Å². The minimum atomic E-state index is -5.12. The standard InChI is InChI=1S/C25H33F5O/c1-2-3-4-17-5-7-18(8-6-17)9-10-19-11-13-20(14-12-19)21-15-22(26)24(23(27)16-21)31-25(28,29)30/h2-3,15-20H,4-14H2,1H3/b3-2+/t17-,18-,19-,20-. The van der Waals surface area contributed by atoms with Gasteiger partial charge in [-0.15, -0.1) is 13.2 Å². The van der Waals surface area contributed by atoms with Gasteiger partial charge in [-0.1, -0.05) is 37.8 Å². The van der Waals surface area contributed by atoms with E-state index in [1.165, 1.54) is 44.9 Å². The fourth-order valence-corrected chi connectivity index (χ4v) is 5.37. The second-order valence-corrected chi connectivity index (χ2v) is 9.35. The predicted octanol–water partition coefficient (Wildman–Crippen LogP) is 8.69. The molecule has 0 amide bonds. The lowest BCUT2D eigenvalue weighted by Gasteiger charge is -2.32. The summed E-state index contributed by atoms with van der Waals surface area (Å²) in [7, 11) is 0. The minimum Gasteiger partial charge on any atom is -0.399 e. The van der Waals surface area contributed by atoms with Gasteiger partial charge in [0.15, 0.2) is 11.6 Å². The van der Waals surface area contributed by atoms with Crippen molar-refractivity contribution in [2.45, 2.75) is 89.8 Å². The third kappa shape index (κ3) is 7.21. The van der Waals surface area contributed by atoms with Crippen molar-refractivity contribution >= 4 is 0 Å². The van der Waals surface area contributed by atoms with Crippen LogP contribution in [-0.2, 0) is 0 Å². The fraction of sp³-hybridized carbons (Fsp3) is 0.680. The molecule has 2 aliphatic carbocycles. The van der Waals surface area contributed by atoms with Gasteiger partial charge in [0.25, 0.3) is 0 Å². The molecule has 1 aromatic carbocycles. The number of halogens is 5. The Bertz CT molecular complexity index is 703. The van der Waals surface area contributed by atoms with Crippen molar-refractivity contribution in [2.24, 2.45) is 17.8 Å². The summed E-state index contributed by atoms with van der Waals surface area (Å²) < 4.78 is 68.5. The molecule has 0 bridgehead atoms. The lowest BCUT2D eigenvalue weighted by Crippen LogP contribution is -2.20. The van der Waals surface area contributed by atoms with Crippen LogP contribution < -0.4 is 4.74 Å². The van der Waals surface area contributed by atoms with E-state index in [1.54, 1.807) is 0 Å². The zero-order valence-electron chi connectivity index (χ0n) is 18.2. The lowest BCUT2D eigenvalue weighted by atomic mass is 9.74. The van der Waals surface area contributed by atoms with Crippen LogP contribution in [0.3, 0.4) is 0 Å². The minimum absolute atomic E-state index is 0.0118. The van der Waals surface area contributed by atoms with E-state index in [0.29, 0.717) is 11.5 Å². The Morgan fingerprint density at radius 1 is 0.839 bits per heavy atom. The zero-order valence-corrected chi connectivity index (χ0v) is 18.2. The Hall–Kier alpha value is -1.59. The van der Waals surface area contributed by atoms with Crippen LogP contribution in [0.5, 0.6) is 5.75 Å². The summed E-state index contributed by atoms with van der Waals surface area (Å²) in [6.45, 7) is 2.07. The van der Waals surface area contributed by atoms with Gasteiger partial charge in [-0.25, -0.2) is 8.78 Å². The molecule has 0 aliphatic heterocycles. The molecule has 0 aromatic heterocycles. The van der Waals surface area contributed by atoms with E-state index < -0.39 is 23.7 Å². The Morgan fingerprint density at radius 3 is 1.81 bits per heavy atom. The largest absolute Gasteiger partial charge is 0.573 e. The average Bonchev–Trinajstić information content (AvgIpc) is 2.73. The first-order chi connectivity index (χ1) is 14.7. The lowest BCUT2D eigenvalue weighted by molar-refractivity contribution is -0.276. The van der Waals surface area contributed by atoms with Crippen molar-refractivity contribution in [1.29, 1.82) is 0 Å². The Labute approximate surface area is 182 Å². The van der Waals surface area contributed by atoms with Crippen LogP contribution in [0.1, 0.15) is 89.0 Å². The quantitative estimate of drug-likeness (QED) is 0.302. The normalized spacial score (nSPS) is 27.5. The highest BCUT2D eigenvalue weighted by Crippen LogP contribution is 2.41. The Kier molecular flexibility index (Phi) is 8.40. The maximum Gasteiger partial charge on any atom is 0.573 e. The van der Waals surface area contributed by atoms with Crippen LogP contribution in [0.25, 0.3) is 0 Å². The number of alkyl halides is 3. The molecule has 1 nitrogen and oxygen atoms in total. The summed E-state index contributed by atoms with van der Waals surface area (Å²) >= 11 is 0. The van der Waals surface area contributed by atoms with Gasteiger partial charge in [0.05, 0.1) is 0 Å². The topological polar surface area (TPSA) is 9.23 Å². The summed E-state index contributed by atoms with van der Waals surface area (Å²) in [5.41, 5.74) is 0.433. The highest BCUT2D eigenvalue weighted by Gasteiger charge is 2.35. The maximum atomic E-state index is 14.0. The molecule has 0 heterocycles. The second-order valence-electron chi connectivity index (χ2n) is 9.35. The van der Waals surface area contributed by atoms with Gasteiger partial charge in [0.2, 0.25) is 5.75 Å². The van der Waals surface area contributed by atoms with E-state index in [2.05, 4.69) is 23.8 Å². The van der Waals surface area contributed by atoms with Gasteiger partial charge in [0, 0.05) is 0 Å². The third-order valence-corrected chi connectivity index (χ3v) is 7.21. The molecule has 0 atom stereocenters. The maximum absolute atomic E-state index is 14.0. The van der Waals surface area contributed by atoms with Crippen LogP contribution in [-0.4, -0.2) is 6.36 Å². The van der Waals surface area contributed by atoms with E-state index in [0.717, 1.165) is 49.7 Å². The molecule has 0 N–H and O–H groups in total. The molecule has 2 saturated carbocycles. The molecule has 0 unspecified atom stereocenters. The summed E-state index contributed by atoms with van der Waals surface area (Å²) in [6.07, 6.45) is 11.9. The van der Waals surface area contributed by atoms with Crippen LogP contribution in [0.2, 0.25) is 0 Å². The first kappa shape index (κ1) is 24.1. The first-order valence-corrected chi connectivity index (χ1v) is 11.6. The molecular formula is C25H33F5O. The zero-order chi connectivity index (χ0) is 22.4. The molecule has 2 aliphatic rings. The van der Waals surface area contributed by atoms with Crippen molar-refractivity contribution in [3.05, 3.63) is 41.5 Å². The van der Waals surface area contributed by atoms with Gasteiger partial charge in [-0.2, -0.15) is 0 Å². The van der Waals surface area contributed by atoms with Gasteiger partial charge >= 0.3 is 6.36 Å². The summed E-state index contributed by atoms with van der Waals surface area (Å²) in [5, 5.41) is 0. The summed E-state index contributed by atoms with van der Waals surface area (Å²) in [6, 6.07) is 2.00. The fourth-order valence-electron chi connectivity index (χ4n) is 5.37. The molecule has 6 heteroatoms. The average molecular weight is 445 g/mol. The molecule has 31 heavy (non-hydrogen) atoms. The number of rotatable bonds is 7. The number of allylic oxidation sites excluding steroid dienone is 2. The highest BCUT2D eigenvalue weighted by molar-refractivity contribution is 5.33. The van der Waals surface area contributed by atoms with E-state index in [1.807, 2.05) is 0 Å². The summed E-state index contributed by atoms with van der Waals surface area (Å²) in [5.74, 6) is -1.66. The number of benzene rings is 1. The van der Waals surface area contributed by atoms with E-state index in [9.17, 15) is 22.0 Å². The van der Waals surface area contributed by atoms with Gasteiger partial charge < -0.3 is 4.74 Å². The molecule has 2 fully saturated rings. The summed E-state index contributed by atoms with van der Waals surface area (Å²) in [4.78, 5) is 0. The second kappa shape index (κ2) is 10.8. The first-order valence-electron chi connectivity index (χ1n) is 11.6. The predicted molar refractivity (Wildman–Crippen MR) is 112 cm³/mol. The van der Waals surface area contributed by atoms with Crippen molar-refractivity contribution in [3.63, 3.8) is 0 Å². The molecule has 0 spiro atoms. The SMILES string of the molecule is C/C=C/C[C@H]1CC[C@H](CC[C@H]2CC[C@H](c3cc(F)c(OC(F)(F)F)c(F)c3)CC2)CC1. The van der Waals surface area contributed by atoms with Crippen LogP contribution in [0.15, 0.2) is 24.3 Å². The Morgan fingerprint density at radius 2 is 1.32 bits per heavy atom. The van der Waals surface area contributed by atoms with E-state index in [4.69, 9.17) is 0 Å². The van der Waals surface area contributed by atoms with E-state index in [-0.39, 0.29) is 5.92 Å². The van der Waals surface area contributed by atoms with Gasteiger partial charge in [0.1, 0.15) is 0 Å². The molecule has 174 valence electrons. The van der Waals surface area contributed by atoms with Crippen molar-refractivity contribution < 1.29 is 26.7 Å². The highest BCUT2D eigenvalue weighted by atomic mass is 19.4. The monoisotopic (exact) mass is 444 g/mol. The molecular weight excluding hydrogens is 411 g/mol. The number of hydrogen-bond donors (Lipinski definition) is 0. The van der Waals surface area contributed by atoms with Crippen molar-refractivity contribution in [2.75, 3.05) is 0 Å². The van der Waals surface area contributed by atoms with E-state index >= 15 is 0 Å². The van der Waals surface area contributed by atoms with Gasteiger partial charge in [-0.3, -0.25) is 0 Å². The molecule has 1 aromatic rings. The third-order valence-electron chi connectivity index (χ3n) is 7.21. The van der Waals surface area contributed by atoms with Gasteiger partial charge in [-0.05, 0) is 93.2 Å². The van der Waals surface area contributed by atoms with Crippen LogP contribution in [0.4, 0.5) is 22.0 Å². The molecule has 0 radical (unpaired) electrons. The number of ether oxygens (including phenoxy) is 1. The number of hydrogen-bond acceptors (Lipinski definition) is 1. The van der Waals surface area contributed by atoms with Crippen LogP contribution in [0, 0.1) is 29.4 Å². The van der Waals surface area contributed by atoms with Crippen molar-refractivity contribution in [3.8, 4) is 5.75 Å². The Balaban J connectivity index is 1.44. The molecule has 3 rings (SSSR count). The smallest absolute Gasteiger partial charge is 0.399 e. The molecule has 0 saturated heterocycles. The van der Waals surface area contributed by atoms with Crippen LogP contribution >= 0.6 is 0 Å².